The van der Waals surface area contributed by atoms with Gasteiger partial charge in [0.15, 0.2) is 0 Å². The lowest BCUT2D eigenvalue weighted by molar-refractivity contribution is -0.0964. The molecule has 0 aromatic carbocycles. The third-order valence-electron chi connectivity index (χ3n) is 2.18. The van der Waals surface area contributed by atoms with Crippen molar-refractivity contribution in [3.05, 3.63) is 0 Å². The zero-order valence-corrected chi connectivity index (χ0v) is 10.1. The van der Waals surface area contributed by atoms with E-state index in [0.717, 1.165) is 26.0 Å². The number of nitrogens with zero attached hydrogens (tertiary/aromatic N) is 1. The fraction of sp³-hybridized carbons (Fsp3) is 0.909. The first-order valence-electron chi connectivity index (χ1n) is 5.55. The standard InChI is InChI=1S/C11H21NO3/c1-5-9-12(7-6-8-14-9)10(13)15-11(2,3)4/h9H,5-8H2,1-4H3. The number of amides is 1. The van der Waals surface area contributed by atoms with Crippen LogP contribution in [0.15, 0.2) is 0 Å². The van der Waals surface area contributed by atoms with Crippen molar-refractivity contribution in [3.63, 3.8) is 0 Å². The zero-order chi connectivity index (χ0) is 11.5. The third-order valence-corrected chi connectivity index (χ3v) is 2.18. The second kappa shape index (κ2) is 4.84. The van der Waals surface area contributed by atoms with Crippen LogP contribution in [0.5, 0.6) is 0 Å². The van der Waals surface area contributed by atoms with Crippen molar-refractivity contribution in [2.24, 2.45) is 0 Å². The van der Waals surface area contributed by atoms with Gasteiger partial charge < -0.3 is 9.47 Å². The van der Waals surface area contributed by atoms with Crippen LogP contribution in [0.25, 0.3) is 0 Å². The molecule has 1 atom stereocenters. The van der Waals surface area contributed by atoms with Gasteiger partial charge in [0.1, 0.15) is 11.8 Å². The Balaban J connectivity index is 2.56. The summed E-state index contributed by atoms with van der Waals surface area (Å²) in [5.41, 5.74) is -0.438. The van der Waals surface area contributed by atoms with Crippen molar-refractivity contribution in [3.8, 4) is 0 Å². The number of ether oxygens (including phenoxy) is 2. The molecule has 0 radical (unpaired) electrons. The van der Waals surface area contributed by atoms with Crippen LogP contribution >= 0.6 is 0 Å². The maximum atomic E-state index is 11.8. The Hall–Kier alpha value is -0.770. The molecule has 0 aliphatic carbocycles. The Kier molecular flexibility index (Phi) is 3.97. The van der Waals surface area contributed by atoms with Crippen LogP contribution < -0.4 is 0 Å². The second-order valence-corrected chi connectivity index (χ2v) is 4.76. The average molecular weight is 215 g/mol. The first-order chi connectivity index (χ1) is 6.94. The maximum Gasteiger partial charge on any atom is 0.412 e. The summed E-state index contributed by atoms with van der Waals surface area (Å²) < 4.78 is 10.8. The molecular weight excluding hydrogens is 194 g/mol. The highest BCUT2D eigenvalue weighted by molar-refractivity contribution is 5.68. The molecule has 0 N–H and O–H groups in total. The van der Waals surface area contributed by atoms with Crippen molar-refractivity contribution in [2.45, 2.75) is 52.4 Å². The Morgan fingerprint density at radius 2 is 2.20 bits per heavy atom. The van der Waals surface area contributed by atoms with Gasteiger partial charge in [-0.1, -0.05) is 6.92 Å². The van der Waals surface area contributed by atoms with Crippen LogP contribution in [0, 0.1) is 0 Å². The molecule has 1 aliphatic heterocycles. The number of carbonyl (C=O) groups excluding carboxylic acids is 1. The van der Waals surface area contributed by atoms with Crippen molar-refractivity contribution in [2.75, 3.05) is 13.2 Å². The van der Waals surface area contributed by atoms with Crippen LogP contribution in [0.2, 0.25) is 0 Å². The molecule has 15 heavy (non-hydrogen) atoms. The normalized spacial score (nSPS) is 22.7. The molecule has 1 saturated heterocycles. The van der Waals surface area contributed by atoms with Gasteiger partial charge in [-0.2, -0.15) is 0 Å². The Morgan fingerprint density at radius 1 is 1.53 bits per heavy atom. The highest BCUT2D eigenvalue weighted by Crippen LogP contribution is 2.17. The molecular formula is C11H21NO3. The maximum absolute atomic E-state index is 11.8. The molecule has 4 nitrogen and oxygen atoms in total. The minimum Gasteiger partial charge on any atom is -0.444 e. The molecule has 1 rings (SSSR count). The molecule has 0 aromatic rings. The summed E-state index contributed by atoms with van der Waals surface area (Å²) in [6.07, 6.45) is 1.30. The Bertz CT molecular complexity index is 222. The van der Waals surface area contributed by atoms with Gasteiger partial charge in [-0.05, 0) is 33.6 Å². The molecule has 0 bridgehead atoms. The smallest absolute Gasteiger partial charge is 0.412 e. The number of hydrogen-bond acceptors (Lipinski definition) is 3. The van der Waals surface area contributed by atoms with Gasteiger partial charge in [0.25, 0.3) is 0 Å². The summed E-state index contributed by atoms with van der Waals surface area (Å²) in [4.78, 5) is 13.5. The van der Waals surface area contributed by atoms with E-state index in [1.807, 2.05) is 27.7 Å². The van der Waals surface area contributed by atoms with E-state index in [0.29, 0.717) is 0 Å². The van der Waals surface area contributed by atoms with E-state index >= 15 is 0 Å². The number of carbonyl (C=O) groups is 1. The topological polar surface area (TPSA) is 38.8 Å². The summed E-state index contributed by atoms with van der Waals surface area (Å²) in [5, 5.41) is 0. The molecule has 88 valence electrons. The predicted molar refractivity (Wildman–Crippen MR) is 57.6 cm³/mol. The SMILES string of the molecule is CCC1OCCCN1C(=O)OC(C)(C)C. The van der Waals surface area contributed by atoms with Crippen molar-refractivity contribution >= 4 is 6.09 Å². The monoisotopic (exact) mass is 215 g/mol. The van der Waals surface area contributed by atoms with E-state index in [9.17, 15) is 4.79 Å². The lowest BCUT2D eigenvalue weighted by atomic mass is 10.2. The first-order valence-corrected chi connectivity index (χ1v) is 5.55. The summed E-state index contributed by atoms with van der Waals surface area (Å²) in [7, 11) is 0. The van der Waals surface area contributed by atoms with E-state index in [4.69, 9.17) is 9.47 Å². The highest BCUT2D eigenvalue weighted by Gasteiger charge is 2.29. The molecule has 4 heteroatoms. The minimum absolute atomic E-state index is 0.117. The summed E-state index contributed by atoms with van der Waals surface area (Å²) in [5.74, 6) is 0. The first kappa shape index (κ1) is 12.3. The second-order valence-electron chi connectivity index (χ2n) is 4.76. The van der Waals surface area contributed by atoms with Crippen LogP contribution in [0.3, 0.4) is 0 Å². The molecule has 0 aromatic heterocycles. The molecule has 1 aliphatic rings. The summed E-state index contributed by atoms with van der Waals surface area (Å²) >= 11 is 0. The quantitative estimate of drug-likeness (QED) is 0.674. The van der Waals surface area contributed by atoms with Gasteiger partial charge in [0.2, 0.25) is 0 Å². The lowest BCUT2D eigenvalue weighted by Crippen LogP contribution is -2.48. The van der Waals surface area contributed by atoms with Gasteiger partial charge in [-0.3, -0.25) is 4.90 Å². The fourth-order valence-corrected chi connectivity index (χ4v) is 1.56. The molecule has 1 heterocycles. The van der Waals surface area contributed by atoms with Gasteiger partial charge >= 0.3 is 6.09 Å². The molecule has 1 amide bonds. The van der Waals surface area contributed by atoms with E-state index in [2.05, 4.69) is 0 Å². The highest BCUT2D eigenvalue weighted by atomic mass is 16.6. The van der Waals surface area contributed by atoms with Gasteiger partial charge in [0.05, 0.1) is 6.61 Å². The van der Waals surface area contributed by atoms with Crippen LogP contribution in [0.1, 0.15) is 40.5 Å². The minimum atomic E-state index is -0.438. The third kappa shape index (κ3) is 3.70. The van der Waals surface area contributed by atoms with Gasteiger partial charge in [-0.15, -0.1) is 0 Å². The van der Waals surface area contributed by atoms with Crippen LogP contribution in [-0.2, 0) is 9.47 Å². The van der Waals surface area contributed by atoms with Crippen molar-refractivity contribution in [1.29, 1.82) is 0 Å². The Morgan fingerprint density at radius 3 is 2.73 bits per heavy atom. The largest absolute Gasteiger partial charge is 0.444 e. The van der Waals surface area contributed by atoms with E-state index in [1.54, 1.807) is 4.90 Å². The Labute approximate surface area is 91.5 Å². The van der Waals surface area contributed by atoms with E-state index in [1.165, 1.54) is 0 Å². The average Bonchev–Trinajstić information content (AvgIpc) is 2.15. The molecule has 1 unspecified atom stereocenters. The number of hydrogen-bond donors (Lipinski definition) is 0. The van der Waals surface area contributed by atoms with E-state index < -0.39 is 5.60 Å². The van der Waals surface area contributed by atoms with Crippen LogP contribution in [-0.4, -0.2) is 36.0 Å². The van der Waals surface area contributed by atoms with Gasteiger partial charge in [-0.25, -0.2) is 4.79 Å². The molecule has 0 saturated carbocycles. The number of rotatable bonds is 1. The fourth-order valence-electron chi connectivity index (χ4n) is 1.56. The van der Waals surface area contributed by atoms with Crippen molar-refractivity contribution < 1.29 is 14.3 Å². The van der Waals surface area contributed by atoms with E-state index in [-0.39, 0.29) is 12.3 Å². The summed E-state index contributed by atoms with van der Waals surface area (Å²) in [6, 6.07) is 0. The molecule has 1 fully saturated rings. The van der Waals surface area contributed by atoms with Crippen molar-refractivity contribution in [1.82, 2.24) is 4.90 Å². The summed E-state index contributed by atoms with van der Waals surface area (Å²) in [6.45, 7) is 9.09. The zero-order valence-electron chi connectivity index (χ0n) is 10.1. The molecule has 0 spiro atoms. The predicted octanol–water partition coefficient (Wildman–Crippen LogP) is 2.38. The van der Waals surface area contributed by atoms with Crippen LogP contribution in [0.4, 0.5) is 4.79 Å². The lowest BCUT2D eigenvalue weighted by Gasteiger charge is -2.36. The van der Waals surface area contributed by atoms with Gasteiger partial charge in [0, 0.05) is 6.54 Å².